The zero-order chi connectivity index (χ0) is 20.8. The van der Waals surface area contributed by atoms with Crippen LogP contribution in [0.1, 0.15) is 30.0 Å². The number of benzene rings is 2. The van der Waals surface area contributed by atoms with Gasteiger partial charge in [-0.1, -0.05) is 24.3 Å². The van der Waals surface area contributed by atoms with E-state index >= 15 is 0 Å². The van der Waals surface area contributed by atoms with Crippen LogP contribution in [0.3, 0.4) is 0 Å². The number of ether oxygens (including phenoxy) is 2. The summed E-state index contributed by atoms with van der Waals surface area (Å²) in [6, 6.07) is 16.5. The number of rotatable bonds is 9. The number of nitrogens with one attached hydrogen (secondary N) is 2. The van der Waals surface area contributed by atoms with E-state index in [0.717, 1.165) is 44.3 Å². The highest BCUT2D eigenvalue weighted by Crippen LogP contribution is 2.41. The van der Waals surface area contributed by atoms with Crippen molar-refractivity contribution >= 4 is 11.6 Å². The van der Waals surface area contributed by atoms with Gasteiger partial charge in [-0.25, -0.2) is 0 Å². The van der Waals surface area contributed by atoms with E-state index in [-0.39, 0.29) is 11.9 Å². The van der Waals surface area contributed by atoms with Gasteiger partial charge in [0.25, 0.3) is 0 Å². The van der Waals surface area contributed by atoms with Gasteiger partial charge in [0, 0.05) is 31.4 Å². The molecule has 0 radical (unpaired) electrons. The first-order valence-electron chi connectivity index (χ1n) is 10.8. The van der Waals surface area contributed by atoms with Gasteiger partial charge in [0.2, 0.25) is 5.91 Å². The molecule has 2 aliphatic rings. The third-order valence-electron chi connectivity index (χ3n) is 5.80. The monoisotopic (exact) mass is 409 g/mol. The molecule has 30 heavy (non-hydrogen) atoms. The minimum absolute atomic E-state index is 0.0184. The van der Waals surface area contributed by atoms with Crippen LogP contribution in [0.15, 0.2) is 48.5 Å². The zero-order valence-corrected chi connectivity index (χ0v) is 17.6. The third-order valence-corrected chi connectivity index (χ3v) is 5.80. The fourth-order valence-electron chi connectivity index (χ4n) is 3.92. The van der Waals surface area contributed by atoms with E-state index in [0.29, 0.717) is 12.5 Å². The topological polar surface area (TPSA) is 62.8 Å². The van der Waals surface area contributed by atoms with Crippen molar-refractivity contribution in [3.8, 4) is 5.75 Å². The maximum atomic E-state index is 12.5. The lowest BCUT2D eigenvalue weighted by Crippen LogP contribution is -2.35. The molecule has 2 fully saturated rings. The van der Waals surface area contributed by atoms with E-state index in [1.165, 1.54) is 24.0 Å². The normalized spacial score (nSPS) is 18.0. The number of amides is 1. The van der Waals surface area contributed by atoms with Gasteiger partial charge in [-0.2, -0.15) is 0 Å². The van der Waals surface area contributed by atoms with Crippen molar-refractivity contribution in [1.82, 2.24) is 10.2 Å². The second kappa shape index (κ2) is 10.1. The first-order chi connectivity index (χ1) is 14.7. The molecule has 0 aromatic heterocycles. The number of hydrogen-bond donors (Lipinski definition) is 2. The molecule has 4 rings (SSSR count). The molecule has 2 aromatic carbocycles. The van der Waals surface area contributed by atoms with Crippen molar-refractivity contribution in [3.63, 3.8) is 0 Å². The van der Waals surface area contributed by atoms with Crippen LogP contribution in [0.25, 0.3) is 0 Å². The van der Waals surface area contributed by atoms with Crippen molar-refractivity contribution < 1.29 is 14.3 Å². The molecule has 1 amide bonds. The maximum Gasteiger partial charge on any atom is 0.238 e. The quantitative estimate of drug-likeness (QED) is 0.666. The predicted octanol–water partition coefficient (Wildman–Crippen LogP) is 3.21. The lowest BCUT2D eigenvalue weighted by molar-refractivity contribution is -0.115. The maximum absolute atomic E-state index is 12.5. The minimum atomic E-state index is -0.0184. The summed E-state index contributed by atoms with van der Waals surface area (Å²) in [4.78, 5) is 14.9. The predicted molar refractivity (Wildman–Crippen MR) is 118 cm³/mol. The fraction of sp³-hybridized carbons (Fsp3) is 0.458. The van der Waals surface area contributed by atoms with E-state index in [1.807, 2.05) is 24.3 Å². The smallest absolute Gasteiger partial charge is 0.238 e. The molecule has 2 aromatic rings. The summed E-state index contributed by atoms with van der Waals surface area (Å²) in [6.07, 6.45) is 2.41. The highest BCUT2D eigenvalue weighted by molar-refractivity contribution is 5.92. The summed E-state index contributed by atoms with van der Waals surface area (Å²) in [5.74, 6) is 1.43. The minimum Gasteiger partial charge on any atom is -0.497 e. The van der Waals surface area contributed by atoms with Gasteiger partial charge < -0.3 is 20.1 Å². The van der Waals surface area contributed by atoms with Crippen molar-refractivity contribution in [2.45, 2.75) is 25.4 Å². The average Bonchev–Trinajstić information content (AvgIpc) is 3.62. The van der Waals surface area contributed by atoms with Gasteiger partial charge >= 0.3 is 0 Å². The molecule has 1 aliphatic heterocycles. The number of anilines is 1. The highest BCUT2D eigenvalue weighted by Gasteiger charge is 2.32. The second-order valence-corrected chi connectivity index (χ2v) is 8.10. The van der Waals surface area contributed by atoms with Crippen molar-refractivity contribution in [2.75, 3.05) is 45.3 Å². The van der Waals surface area contributed by atoms with E-state index in [1.54, 1.807) is 7.11 Å². The summed E-state index contributed by atoms with van der Waals surface area (Å²) >= 11 is 0. The number of methoxy groups -OCH3 is 1. The Hall–Kier alpha value is -2.41. The molecule has 6 heteroatoms. The standard InChI is InChI=1S/C24H31N3O3/c1-29-22-10-6-20(7-11-22)24(19-4-5-19)25-16-23(28)26-21-8-2-18(3-9-21)17-27-12-14-30-15-13-27/h2-3,6-11,19,24-25H,4-5,12-17H2,1H3,(H,26,28). The lowest BCUT2D eigenvalue weighted by atomic mass is 10.0. The Morgan fingerprint density at radius 1 is 1.10 bits per heavy atom. The Morgan fingerprint density at radius 3 is 2.43 bits per heavy atom. The third kappa shape index (κ3) is 5.81. The molecule has 0 bridgehead atoms. The molecule has 1 atom stereocenters. The van der Waals surface area contributed by atoms with Gasteiger partial charge in [0.05, 0.1) is 26.9 Å². The summed E-state index contributed by atoms with van der Waals surface area (Å²) in [6.45, 7) is 4.77. The molecule has 1 saturated carbocycles. The van der Waals surface area contributed by atoms with Gasteiger partial charge in [0.15, 0.2) is 0 Å². The van der Waals surface area contributed by atoms with E-state index in [2.05, 4.69) is 39.8 Å². The Morgan fingerprint density at radius 2 is 1.80 bits per heavy atom. The van der Waals surface area contributed by atoms with E-state index in [4.69, 9.17) is 9.47 Å². The number of hydrogen-bond acceptors (Lipinski definition) is 5. The Labute approximate surface area is 178 Å². The van der Waals surface area contributed by atoms with Gasteiger partial charge in [0.1, 0.15) is 5.75 Å². The van der Waals surface area contributed by atoms with Crippen molar-refractivity contribution in [1.29, 1.82) is 0 Å². The van der Waals surface area contributed by atoms with Crippen LogP contribution >= 0.6 is 0 Å². The lowest BCUT2D eigenvalue weighted by Gasteiger charge is -2.26. The molecular formula is C24H31N3O3. The van der Waals surface area contributed by atoms with Crippen LogP contribution in [0.2, 0.25) is 0 Å². The largest absolute Gasteiger partial charge is 0.497 e. The molecule has 1 unspecified atom stereocenters. The van der Waals surface area contributed by atoms with Gasteiger partial charge in [-0.3, -0.25) is 9.69 Å². The summed E-state index contributed by atoms with van der Waals surface area (Å²) in [5, 5.41) is 6.45. The van der Waals surface area contributed by atoms with Crippen LogP contribution in [0.4, 0.5) is 5.69 Å². The summed E-state index contributed by atoms with van der Waals surface area (Å²) in [7, 11) is 1.67. The number of morpholine rings is 1. The second-order valence-electron chi connectivity index (χ2n) is 8.10. The number of nitrogens with zero attached hydrogens (tertiary/aromatic N) is 1. The fourth-order valence-corrected chi connectivity index (χ4v) is 3.92. The molecular weight excluding hydrogens is 378 g/mol. The van der Waals surface area contributed by atoms with Gasteiger partial charge in [-0.15, -0.1) is 0 Å². The van der Waals surface area contributed by atoms with Crippen LogP contribution in [0.5, 0.6) is 5.75 Å². The van der Waals surface area contributed by atoms with Crippen LogP contribution in [0, 0.1) is 5.92 Å². The van der Waals surface area contributed by atoms with Crippen molar-refractivity contribution in [2.24, 2.45) is 5.92 Å². The van der Waals surface area contributed by atoms with Crippen LogP contribution in [-0.2, 0) is 16.1 Å². The van der Waals surface area contributed by atoms with E-state index < -0.39 is 0 Å². The van der Waals surface area contributed by atoms with Crippen LogP contribution in [-0.4, -0.2) is 50.8 Å². The first-order valence-corrected chi connectivity index (χ1v) is 10.8. The molecule has 1 heterocycles. The van der Waals surface area contributed by atoms with Crippen molar-refractivity contribution in [3.05, 3.63) is 59.7 Å². The Kier molecular flexibility index (Phi) is 7.00. The number of carbonyl (C=O) groups excluding carboxylic acids is 1. The molecule has 0 spiro atoms. The zero-order valence-electron chi connectivity index (χ0n) is 17.6. The highest BCUT2D eigenvalue weighted by atomic mass is 16.5. The molecule has 160 valence electrons. The van der Waals surface area contributed by atoms with E-state index in [9.17, 15) is 4.79 Å². The molecule has 1 saturated heterocycles. The Balaban J connectivity index is 1.27. The van der Waals surface area contributed by atoms with Gasteiger partial charge in [-0.05, 0) is 54.2 Å². The summed E-state index contributed by atoms with van der Waals surface area (Å²) in [5.41, 5.74) is 3.29. The molecule has 2 N–H and O–H groups in total. The first kappa shape index (κ1) is 20.8. The summed E-state index contributed by atoms with van der Waals surface area (Å²) < 4.78 is 10.6. The number of carbonyl (C=O) groups is 1. The molecule has 1 aliphatic carbocycles. The molecule has 6 nitrogen and oxygen atoms in total. The average molecular weight is 410 g/mol. The Bertz CT molecular complexity index is 813. The van der Waals surface area contributed by atoms with Crippen LogP contribution < -0.4 is 15.4 Å². The SMILES string of the molecule is COc1ccc(C(NCC(=O)Nc2ccc(CN3CCOCC3)cc2)C2CC2)cc1.